The van der Waals surface area contributed by atoms with E-state index < -0.39 is 11.8 Å². The third kappa shape index (κ3) is 3.15. The van der Waals surface area contributed by atoms with Gasteiger partial charge in [0.1, 0.15) is 0 Å². The van der Waals surface area contributed by atoms with Crippen molar-refractivity contribution in [3.05, 3.63) is 93.5 Å². The Balaban J connectivity index is 1.64. The van der Waals surface area contributed by atoms with Crippen LogP contribution in [0.4, 0.5) is 11.4 Å². The van der Waals surface area contributed by atoms with Gasteiger partial charge in [0, 0.05) is 11.3 Å². The maximum Gasteiger partial charge on any atom is 0.266 e. The Kier molecular flexibility index (Phi) is 4.63. The third-order valence-corrected chi connectivity index (χ3v) is 5.05. The lowest BCUT2D eigenvalue weighted by atomic mass is 10.1. The van der Waals surface area contributed by atoms with E-state index in [0.717, 1.165) is 4.90 Å². The largest absolute Gasteiger partial charge is 0.322 e. The second-order valence-corrected chi connectivity index (χ2v) is 6.94. The Morgan fingerprint density at radius 1 is 0.786 bits per heavy atom. The molecule has 0 bridgehead atoms. The van der Waals surface area contributed by atoms with Crippen LogP contribution in [0.3, 0.4) is 0 Å². The first-order chi connectivity index (χ1) is 13.5. The molecule has 3 aromatic rings. The maximum absolute atomic E-state index is 12.7. The van der Waals surface area contributed by atoms with E-state index in [0.29, 0.717) is 16.9 Å². The molecule has 28 heavy (non-hydrogen) atoms. The minimum Gasteiger partial charge on any atom is -0.322 e. The van der Waals surface area contributed by atoms with Crippen molar-refractivity contribution in [1.29, 1.82) is 0 Å². The average molecular weight is 411 g/mol. The zero-order chi connectivity index (χ0) is 19.8. The van der Waals surface area contributed by atoms with Crippen LogP contribution in [0.2, 0.25) is 10.0 Å². The average Bonchev–Trinajstić information content (AvgIpc) is 2.93. The molecule has 1 aliphatic heterocycles. The SMILES string of the molecule is O=C(Nc1cccc(N2C(=O)c3cc(Cl)c(Cl)cc3C2=O)c1)c1ccccc1. The van der Waals surface area contributed by atoms with Gasteiger partial charge in [-0.1, -0.05) is 47.5 Å². The fourth-order valence-electron chi connectivity index (χ4n) is 2.98. The number of fused-ring (bicyclic) bond motifs is 1. The number of nitrogens with one attached hydrogen (secondary N) is 1. The molecule has 5 nitrogen and oxygen atoms in total. The van der Waals surface area contributed by atoms with E-state index >= 15 is 0 Å². The molecule has 1 aliphatic rings. The van der Waals surface area contributed by atoms with E-state index in [2.05, 4.69) is 5.32 Å². The summed E-state index contributed by atoms with van der Waals surface area (Å²) < 4.78 is 0. The van der Waals surface area contributed by atoms with Crippen LogP contribution >= 0.6 is 23.2 Å². The molecule has 138 valence electrons. The Bertz CT molecular complexity index is 1090. The van der Waals surface area contributed by atoms with Crippen molar-refractivity contribution in [2.75, 3.05) is 10.2 Å². The van der Waals surface area contributed by atoms with Crippen LogP contribution in [0.25, 0.3) is 0 Å². The van der Waals surface area contributed by atoms with Crippen molar-refractivity contribution < 1.29 is 14.4 Å². The van der Waals surface area contributed by atoms with Gasteiger partial charge in [0.05, 0.1) is 26.9 Å². The summed E-state index contributed by atoms with van der Waals surface area (Å²) in [6.45, 7) is 0. The minimum atomic E-state index is -0.495. The molecule has 0 radical (unpaired) electrons. The molecule has 0 aromatic heterocycles. The fraction of sp³-hybridized carbons (Fsp3) is 0. The lowest BCUT2D eigenvalue weighted by molar-refractivity contribution is 0.0925. The first kappa shape index (κ1) is 18.2. The number of amides is 3. The van der Waals surface area contributed by atoms with Crippen LogP contribution in [0.15, 0.2) is 66.7 Å². The quantitative estimate of drug-likeness (QED) is 0.614. The van der Waals surface area contributed by atoms with Crippen molar-refractivity contribution in [1.82, 2.24) is 0 Å². The molecule has 3 aromatic carbocycles. The molecule has 0 fully saturated rings. The zero-order valence-corrected chi connectivity index (χ0v) is 15.8. The fourth-order valence-corrected chi connectivity index (χ4v) is 3.31. The zero-order valence-electron chi connectivity index (χ0n) is 14.3. The number of rotatable bonds is 3. The highest BCUT2D eigenvalue weighted by Gasteiger charge is 2.37. The summed E-state index contributed by atoms with van der Waals surface area (Å²) in [4.78, 5) is 38.9. The molecular formula is C21H12Cl2N2O3. The highest BCUT2D eigenvalue weighted by Crippen LogP contribution is 2.34. The summed E-state index contributed by atoms with van der Waals surface area (Å²) in [5.74, 6) is -1.28. The van der Waals surface area contributed by atoms with Crippen molar-refractivity contribution >= 4 is 52.3 Å². The summed E-state index contributed by atoms with van der Waals surface area (Å²) in [5, 5.41) is 3.16. The second kappa shape index (κ2) is 7.11. The van der Waals surface area contributed by atoms with Gasteiger partial charge in [-0.15, -0.1) is 0 Å². The number of halogens is 2. The highest BCUT2D eigenvalue weighted by atomic mass is 35.5. The van der Waals surface area contributed by atoms with Crippen molar-refractivity contribution in [2.24, 2.45) is 0 Å². The van der Waals surface area contributed by atoms with Crippen LogP contribution in [-0.2, 0) is 0 Å². The molecular weight excluding hydrogens is 399 g/mol. The number of nitrogens with zero attached hydrogens (tertiary/aromatic N) is 1. The predicted octanol–water partition coefficient (Wildman–Crippen LogP) is 5.05. The molecule has 1 heterocycles. The number of hydrogen-bond donors (Lipinski definition) is 1. The molecule has 0 saturated carbocycles. The predicted molar refractivity (Wildman–Crippen MR) is 108 cm³/mol. The summed E-state index contributed by atoms with van der Waals surface area (Å²) in [5.41, 5.74) is 1.68. The number of hydrogen-bond acceptors (Lipinski definition) is 3. The number of carbonyl (C=O) groups is 3. The molecule has 1 N–H and O–H groups in total. The van der Waals surface area contributed by atoms with Gasteiger partial charge in [-0.2, -0.15) is 0 Å². The molecule has 7 heteroatoms. The smallest absolute Gasteiger partial charge is 0.266 e. The van der Waals surface area contributed by atoms with Gasteiger partial charge in [-0.25, -0.2) is 4.90 Å². The van der Waals surface area contributed by atoms with Gasteiger partial charge in [-0.3, -0.25) is 14.4 Å². The van der Waals surface area contributed by atoms with E-state index in [9.17, 15) is 14.4 Å². The van der Waals surface area contributed by atoms with Gasteiger partial charge in [0.25, 0.3) is 17.7 Å². The first-order valence-corrected chi connectivity index (χ1v) is 9.05. The van der Waals surface area contributed by atoms with Crippen LogP contribution < -0.4 is 10.2 Å². The van der Waals surface area contributed by atoms with Crippen LogP contribution in [0, 0.1) is 0 Å². The van der Waals surface area contributed by atoms with Crippen LogP contribution in [0.5, 0.6) is 0 Å². The van der Waals surface area contributed by atoms with Gasteiger partial charge >= 0.3 is 0 Å². The van der Waals surface area contributed by atoms with E-state index in [1.807, 2.05) is 6.07 Å². The molecule has 0 aliphatic carbocycles. The molecule has 0 unspecified atom stereocenters. The molecule has 0 saturated heterocycles. The summed E-state index contributed by atoms with van der Waals surface area (Å²) in [6.07, 6.45) is 0. The van der Waals surface area contributed by atoms with Crippen LogP contribution in [0.1, 0.15) is 31.1 Å². The van der Waals surface area contributed by atoms with Gasteiger partial charge in [0.15, 0.2) is 0 Å². The van der Waals surface area contributed by atoms with Gasteiger partial charge in [-0.05, 0) is 42.5 Å². The lowest BCUT2D eigenvalue weighted by Crippen LogP contribution is -2.29. The molecule has 3 amide bonds. The molecule has 0 atom stereocenters. The maximum atomic E-state index is 12.7. The van der Waals surface area contributed by atoms with Gasteiger partial charge < -0.3 is 5.32 Å². The van der Waals surface area contributed by atoms with E-state index in [4.69, 9.17) is 23.2 Å². The van der Waals surface area contributed by atoms with E-state index in [1.165, 1.54) is 12.1 Å². The molecule has 0 spiro atoms. The van der Waals surface area contributed by atoms with Gasteiger partial charge in [0.2, 0.25) is 0 Å². The topological polar surface area (TPSA) is 66.5 Å². The number of carbonyl (C=O) groups excluding carboxylic acids is 3. The van der Waals surface area contributed by atoms with Crippen molar-refractivity contribution in [3.63, 3.8) is 0 Å². The Labute approximate surface area is 170 Å². The number of anilines is 2. The summed E-state index contributed by atoms with van der Waals surface area (Å²) in [7, 11) is 0. The van der Waals surface area contributed by atoms with E-state index in [1.54, 1.807) is 48.5 Å². The Hall–Kier alpha value is -3.15. The normalized spacial score (nSPS) is 12.9. The highest BCUT2D eigenvalue weighted by molar-refractivity contribution is 6.44. The third-order valence-electron chi connectivity index (χ3n) is 4.33. The van der Waals surface area contributed by atoms with Crippen molar-refractivity contribution in [3.8, 4) is 0 Å². The Morgan fingerprint density at radius 2 is 1.39 bits per heavy atom. The van der Waals surface area contributed by atoms with Crippen molar-refractivity contribution in [2.45, 2.75) is 0 Å². The molecule has 4 rings (SSSR count). The second-order valence-electron chi connectivity index (χ2n) is 6.13. The number of benzene rings is 3. The first-order valence-electron chi connectivity index (χ1n) is 8.30. The summed E-state index contributed by atoms with van der Waals surface area (Å²) >= 11 is 12.0. The number of imide groups is 1. The standard InChI is InChI=1S/C21H12Cl2N2O3/c22-17-10-15-16(11-18(17)23)21(28)25(20(15)27)14-8-4-7-13(9-14)24-19(26)12-5-2-1-3-6-12/h1-11H,(H,24,26). The monoisotopic (exact) mass is 410 g/mol. The lowest BCUT2D eigenvalue weighted by Gasteiger charge is -2.15. The van der Waals surface area contributed by atoms with Crippen LogP contribution in [-0.4, -0.2) is 17.7 Å². The summed E-state index contributed by atoms with van der Waals surface area (Å²) in [6, 6.07) is 18.0. The Morgan fingerprint density at radius 3 is 2.00 bits per heavy atom. The van der Waals surface area contributed by atoms with E-state index in [-0.39, 0.29) is 27.1 Å². The minimum absolute atomic E-state index is 0.193.